The van der Waals surface area contributed by atoms with Crippen LogP contribution in [0.2, 0.25) is 35.2 Å². The molecule has 3 amide bonds. The van der Waals surface area contributed by atoms with Crippen LogP contribution in [0.15, 0.2) is 42.5 Å². The van der Waals surface area contributed by atoms with E-state index >= 15 is 0 Å². The summed E-state index contributed by atoms with van der Waals surface area (Å²) in [7, 11) is 0. The zero-order valence-electron chi connectivity index (χ0n) is 17.4. The van der Waals surface area contributed by atoms with E-state index in [-0.39, 0.29) is 52.4 Å². The van der Waals surface area contributed by atoms with Crippen LogP contribution in [-0.2, 0) is 0 Å². The third-order valence-electron chi connectivity index (χ3n) is 5.17. The fraction of sp³-hybridized carbons (Fsp3) is 0.0435. The van der Waals surface area contributed by atoms with E-state index in [0.29, 0.717) is 15.0 Å². The molecule has 1 aliphatic heterocycles. The van der Waals surface area contributed by atoms with Crippen LogP contribution in [0.5, 0.6) is 0 Å². The van der Waals surface area contributed by atoms with Gasteiger partial charge in [-0.15, -0.1) is 0 Å². The number of carbonyl (C=O) groups excluding carboxylic acids is 4. The Morgan fingerprint density at radius 2 is 1.19 bits per heavy atom. The lowest BCUT2D eigenvalue weighted by atomic mass is 10.1. The van der Waals surface area contributed by atoms with Crippen LogP contribution in [0.25, 0.3) is 0 Å². The van der Waals surface area contributed by atoms with Gasteiger partial charge in [-0.25, -0.2) is 5.01 Å². The van der Waals surface area contributed by atoms with E-state index in [4.69, 9.17) is 81.2 Å². The molecule has 0 bridgehead atoms. The summed E-state index contributed by atoms with van der Waals surface area (Å²) in [5.74, 6) is -3.62. The Kier molecular flexibility index (Phi) is 7.79. The number of hydrogen-bond donors (Lipinski definition) is 0. The first kappa shape index (κ1) is 27.0. The Hall–Kier alpha value is -2.03. The summed E-state index contributed by atoms with van der Waals surface area (Å²) in [6.07, 6.45) is 0. The van der Waals surface area contributed by atoms with E-state index in [2.05, 4.69) is 0 Å². The average Bonchev–Trinajstić information content (AvgIpc) is 3.09. The normalized spacial score (nSPS) is 12.7. The monoisotopic (exact) mass is 622 g/mol. The van der Waals surface area contributed by atoms with Crippen LogP contribution < -0.4 is 0 Å². The SMILES string of the molecule is O=C(CN(C(=O)c1ccc(Cl)cc1)N1C(=O)c2c(Cl)c(Cl)c(Cl)c(Cl)c2C1=O)c1ccc(Cl)cc1Cl. The maximum atomic E-state index is 13.5. The van der Waals surface area contributed by atoms with Crippen molar-refractivity contribution in [3.8, 4) is 0 Å². The van der Waals surface area contributed by atoms with E-state index < -0.39 is 30.0 Å². The van der Waals surface area contributed by atoms with Crippen LogP contribution in [0.1, 0.15) is 41.4 Å². The minimum atomic E-state index is -1.03. The Morgan fingerprint density at radius 1 is 0.694 bits per heavy atom. The highest BCUT2D eigenvalue weighted by Crippen LogP contribution is 2.45. The van der Waals surface area contributed by atoms with Gasteiger partial charge < -0.3 is 0 Å². The molecule has 1 aliphatic rings. The molecule has 6 nitrogen and oxygen atoms in total. The fourth-order valence-electron chi connectivity index (χ4n) is 3.47. The van der Waals surface area contributed by atoms with Gasteiger partial charge in [-0.3, -0.25) is 19.2 Å². The van der Waals surface area contributed by atoms with E-state index in [0.717, 1.165) is 0 Å². The topological polar surface area (TPSA) is 74.8 Å². The molecule has 0 saturated carbocycles. The summed E-state index contributed by atoms with van der Waals surface area (Å²) in [6, 6.07) is 9.71. The molecule has 0 radical (unpaired) electrons. The number of hydrogen-bond acceptors (Lipinski definition) is 4. The van der Waals surface area contributed by atoms with Gasteiger partial charge in [0.2, 0.25) is 0 Å². The van der Waals surface area contributed by atoms with Gasteiger partial charge >= 0.3 is 0 Å². The number of imide groups is 1. The van der Waals surface area contributed by atoms with Gasteiger partial charge in [0.1, 0.15) is 6.54 Å². The first-order valence-electron chi connectivity index (χ1n) is 9.74. The molecule has 0 atom stereocenters. The number of Topliss-reactive ketones (excluding diaryl/α,β-unsaturated/α-hetero) is 1. The van der Waals surface area contributed by atoms with Crippen molar-refractivity contribution >= 4 is 105 Å². The molecular weight excluding hydrogens is 616 g/mol. The van der Waals surface area contributed by atoms with E-state index in [1.165, 1.54) is 42.5 Å². The first-order chi connectivity index (χ1) is 16.9. The van der Waals surface area contributed by atoms with Crippen molar-refractivity contribution in [2.45, 2.75) is 0 Å². The third-order valence-corrected chi connectivity index (χ3v) is 7.77. The van der Waals surface area contributed by atoms with E-state index in [1.807, 2.05) is 0 Å². The maximum absolute atomic E-state index is 13.5. The van der Waals surface area contributed by atoms with Crippen molar-refractivity contribution in [2.75, 3.05) is 6.54 Å². The predicted molar refractivity (Wildman–Crippen MR) is 140 cm³/mol. The fourth-order valence-corrected chi connectivity index (χ4v) is 5.12. The largest absolute Gasteiger partial charge is 0.292 e. The molecule has 0 unspecified atom stereocenters. The van der Waals surface area contributed by atoms with Crippen molar-refractivity contribution in [1.82, 2.24) is 10.0 Å². The molecule has 0 aromatic heterocycles. The van der Waals surface area contributed by atoms with E-state index in [9.17, 15) is 19.2 Å². The van der Waals surface area contributed by atoms with Crippen LogP contribution >= 0.6 is 81.2 Å². The summed E-state index contributed by atoms with van der Waals surface area (Å²) in [6.45, 7) is -0.759. The Morgan fingerprint density at radius 3 is 1.69 bits per heavy atom. The lowest BCUT2D eigenvalue weighted by Crippen LogP contribution is -2.51. The van der Waals surface area contributed by atoms with Crippen LogP contribution in [0.4, 0.5) is 0 Å². The second-order valence-electron chi connectivity index (χ2n) is 7.35. The van der Waals surface area contributed by atoms with Gasteiger partial charge in [-0.05, 0) is 42.5 Å². The summed E-state index contributed by atoms with van der Waals surface area (Å²) < 4.78 is 0. The van der Waals surface area contributed by atoms with E-state index in [1.54, 1.807) is 0 Å². The standard InChI is InChI=1S/C23H9Cl7N2O4/c24-10-3-1-9(2-4-10)21(34)31(8-14(33)12-6-5-11(25)7-13(12)26)32-22(35)15-16(23(32)36)18(28)20(30)19(29)17(15)27/h1-7H,8H2. The molecule has 13 heteroatoms. The molecule has 1 heterocycles. The van der Waals surface area contributed by atoms with Gasteiger partial charge in [0.05, 0.1) is 36.2 Å². The van der Waals surface area contributed by atoms with Crippen LogP contribution in [-0.4, -0.2) is 40.1 Å². The maximum Gasteiger partial charge on any atom is 0.282 e. The Labute approximate surface area is 239 Å². The quantitative estimate of drug-likeness (QED) is 0.126. The second-order valence-corrected chi connectivity index (χ2v) is 10.1. The number of hydrazine groups is 1. The highest BCUT2D eigenvalue weighted by atomic mass is 35.5. The number of carbonyl (C=O) groups is 4. The van der Waals surface area contributed by atoms with Crippen molar-refractivity contribution in [2.24, 2.45) is 0 Å². The average molecular weight is 626 g/mol. The molecular formula is C23H9Cl7N2O4. The van der Waals surface area contributed by atoms with Crippen molar-refractivity contribution in [1.29, 1.82) is 0 Å². The molecule has 0 saturated heterocycles. The zero-order chi connectivity index (χ0) is 26.5. The molecule has 3 aromatic rings. The van der Waals surface area contributed by atoms with Crippen molar-refractivity contribution < 1.29 is 19.2 Å². The summed E-state index contributed by atoms with van der Waals surface area (Å²) in [4.78, 5) is 53.5. The predicted octanol–water partition coefficient (Wildman–Crippen LogP) is 7.80. The molecule has 0 aliphatic carbocycles. The van der Waals surface area contributed by atoms with Gasteiger partial charge in [0.25, 0.3) is 17.7 Å². The molecule has 4 rings (SSSR count). The molecule has 184 valence electrons. The van der Waals surface area contributed by atoms with Crippen molar-refractivity contribution in [3.63, 3.8) is 0 Å². The van der Waals surface area contributed by atoms with Gasteiger partial charge in [0.15, 0.2) is 5.78 Å². The molecule has 3 aromatic carbocycles. The minimum Gasteiger partial charge on any atom is -0.292 e. The highest BCUT2D eigenvalue weighted by Gasteiger charge is 2.46. The number of fused-ring (bicyclic) bond motifs is 1. The van der Waals surface area contributed by atoms with Gasteiger partial charge in [-0.2, -0.15) is 5.01 Å². The zero-order valence-corrected chi connectivity index (χ0v) is 22.7. The Bertz CT molecular complexity index is 1430. The first-order valence-corrected chi connectivity index (χ1v) is 12.4. The second kappa shape index (κ2) is 10.4. The number of benzene rings is 3. The number of ketones is 1. The molecule has 0 fully saturated rings. The molecule has 36 heavy (non-hydrogen) atoms. The molecule has 0 spiro atoms. The van der Waals surface area contributed by atoms with Crippen LogP contribution in [0, 0.1) is 0 Å². The minimum absolute atomic E-state index is 0.00809. The highest BCUT2D eigenvalue weighted by molar-refractivity contribution is 6.55. The Balaban J connectivity index is 1.83. The number of nitrogens with zero attached hydrogens (tertiary/aromatic N) is 2. The number of amides is 3. The molecule has 0 N–H and O–H groups in total. The lowest BCUT2D eigenvalue weighted by Gasteiger charge is -2.29. The smallest absolute Gasteiger partial charge is 0.282 e. The number of halogens is 7. The van der Waals surface area contributed by atoms with Gasteiger partial charge in [-0.1, -0.05) is 81.2 Å². The van der Waals surface area contributed by atoms with Gasteiger partial charge in [0, 0.05) is 21.2 Å². The summed E-state index contributed by atoms with van der Waals surface area (Å²) in [5, 5.41) is 0.618. The number of rotatable bonds is 5. The van der Waals surface area contributed by atoms with Crippen molar-refractivity contribution in [3.05, 3.63) is 99.9 Å². The third kappa shape index (κ3) is 4.68. The summed E-state index contributed by atoms with van der Waals surface area (Å²) in [5.41, 5.74) is -0.674. The summed E-state index contributed by atoms with van der Waals surface area (Å²) >= 11 is 42.5. The van der Waals surface area contributed by atoms with Crippen LogP contribution in [0.3, 0.4) is 0 Å². The lowest BCUT2D eigenvalue weighted by molar-refractivity contribution is 0.00533.